The van der Waals surface area contributed by atoms with E-state index >= 15 is 0 Å². The molecule has 2 aromatic rings. The number of nitrogens with zero attached hydrogens (tertiary/aromatic N) is 2. The lowest BCUT2D eigenvalue weighted by atomic mass is 10.1. The van der Waals surface area contributed by atoms with E-state index in [9.17, 15) is 0 Å². The van der Waals surface area contributed by atoms with Crippen molar-refractivity contribution in [2.75, 3.05) is 5.73 Å². The van der Waals surface area contributed by atoms with Gasteiger partial charge in [0.05, 0.1) is 5.56 Å². The quantitative estimate of drug-likeness (QED) is 0.923. The molecule has 104 valence electrons. The summed E-state index contributed by atoms with van der Waals surface area (Å²) in [6, 6.07) is 6.01. The highest BCUT2D eigenvalue weighted by Crippen LogP contribution is 2.40. The third-order valence-electron chi connectivity index (χ3n) is 3.86. The molecule has 1 heterocycles. The van der Waals surface area contributed by atoms with Gasteiger partial charge in [-0.2, -0.15) is 4.98 Å². The maximum Gasteiger partial charge on any atom is 0.227 e. The topological polar surface area (TPSA) is 61.0 Å². The lowest BCUT2D eigenvalue weighted by molar-refractivity contribution is 0.451. The molecule has 0 amide bonds. The molecule has 0 radical (unpaired) electrons. The molecule has 0 spiro atoms. The molecule has 4 nitrogen and oxygen atoms in total. The van der Waals surface area contributed by atoms with E-state index in [1.54, 1.807) is 0 Å². The molecule has 4 heteroatoms. The minimum Gasteiger partial charge on any atom is -0.438 e. The molecule has 2 N–H and O–H groups in total. The Morgan fingerprint density at radius 2 is 1.85 bits per heavy atom. The highest BCUT2D eigenvalue weighted by Gasteiger charge is 2.28. The summed E-state index contributed by atoms with van der Waals surface area (Å²) in [6.07, 6.45) is 2.29. The lowest BCUT2D eigenvalue weighted by Crippen LogP contribution is -2.04. The van der Waals surface area contributed by atoms with E-state index in [-0.39, 0.29) is 0 Å². The third kappa shape index (κ3) is 2.33. The standard InChI is InChI=1S/C16H19N3O/c1-9-5-4-6-13(10(9)2)20-16-11(3)14(17)18-15(19-16)12-7-8-12/h4-6,12H,7-8H2,1-3H3,(H2,17,18,19). The molecule has 3 rings (SSSR count). The number of nitrogens with two attached hydrogens (primary N) is 1. The summed E-state index contributed by atoms with van der Waals surface area (Å²) in [4.78, 5) is 8.91. The SMILES string of the molecule is Cc1cccc(Oc2nc(C3CC3)nc(N)c2C)c1C. The van der Waals surface area contributed by atoms with Gasteiger partial charge in [-0.3, -0.25) is 0 Å². The van der Waals surface area contributed by atoms with Crippen LogP contribution in [0, 0.1) is 20.8 Å². The van der Waals surface area contributed by atoms with Crippen molar-refractivity contribution in [2.24, 2.45) is 0 Å². The van der Waals surface area contributed by atoms with E-state index in [1.165, 1.54) is 5.56 Å². The summed E-state index contributed by atoms with van der Waals surface area (Å²) in [6.45, 7) is 6.01. The number of rotatable bonds is 3. The second kappa shape index (κ2) is 4.78. The zero-order valence-electron chi connectivity index (χ0n) is 12.1. The first-order valence-electron chi connectivity index (χ1n) is 6.94. The summed E-state index contributed by atoms with van der Waals surface area (Å²) in [5.41, 5.74) is 9.10. The molecule has 1 aromatic heterocycles. The van der Waals surface area contributed by atoms with Gasteiger partial charge in [-0.15, -0.1) is 0 Å². The largest absolute Gasteiger partial charge is 0.438 e. The van der Waals surface area contributed by atoms with Gasteiger partial charge in [-0.25, -0.2) is 4.98 Å². The van der Waals surface area contributed by atoms with Gasteiger partial charge in [-0.1, -0.05) is 12.1 Å². The van der Waals surface area contributed by atoms with Crippen LogP contribution in [-0.4, -0.2) is 9.97 Å². The van der Waals surface area contributed by atoms with Crippen molar-refractivity contribution in [3.05, 3.63) is 40.7 Å². The maximum atomic E-state index is 5.99. The molecular weight excluding hydrogens is 250 g/mol. The van der Waals surface area contributed by atoms with Crippen molar-refractivity contribution in [1.29, 1.82) is 0 Å². The Balaban J connectivity index is 1.99. The monoisotopic (exact) mass is 269 g/mol. The smallest absolute Gasteiger partial charge is 0.227 e. The van der Waals surface area contributed by atoms with Crippen LogP contribution in [0.25, 0.3) is 0 Å². The van der Waals surface area contributed by atoms with Crippen molar-refractivity contribution in [1.82, 2.24) is 9.97 Å². The Kier molecular flexibility index (Phi) is 3.08. The molecule has 0 unspecified atom stereocenters. The Labute approximate surface area is 119 Å². The van der Waals surface area contributed by atoms with Gasteiger partial charge in [0.2, 0.25) is 5.88 Å². The number of aromatic nitrogens is 2. The molecule has 20 heavy (non-hydrogen) atoms. The number of aryl methyl sites for hydroxylation is 1. The van der Waals surface area contributed by atoms with Crippen LogP contribution in [-0.2, 0) is 0 Å². The number of ether oxygens (including phenoxy) is 1. The predicted octanol–water partition coefficient (Wildman–Crippen LogP) is 3.65. The van der Waals surface area contributed by atoms with Gasteiger partial charge in [-0.05, 0) is 50.8 Å². The fourth-order valence-electron chi connectivity index (χ4n) is 2.09. The van der Waals surface area contributed by atoms with E-state index in [4.69, 9.17) is 10.5 Å². The molecule has 1 aliphatic rings. The third-order valence-corrected chi connectivity index (χ3v) is 3.86. The second-order valence-corrected chi connectivity index (χ2v) is 5.47. The van der Waals surface area contributed by atoms with Crippen molar-refractivity contribution >= 4 is 5.82 Å². The zero-order chi connectivity index (χ0) is 14.3. The molecule has 0 saturated heterocycles. The van der Waals surface area contributed by atoms with Crippen LogP contribution in [0.15, 0.2) is 18.2 Å². The molecule has 1 fully saturated rings. The summed E-state index contributed by atoms with van der Waals surface area (Å²) in [5, 5.41) is 0. The van der Waals surface area contributed by atoms with Crippen LogP contribution < -0.4 is 10.5 Å². The minimum atomic E-state index is 0.457. The van der Waals surface area contributed by atoms with E-state index in [0.717, 1.165) is 35.5 Å². The Hall–Kier alpha value is -2.10. The average Bonchev–Trinajstić information content (AvgIpc) is 3.24. The van der Waals surface area contributed by atoms with Crippen molar-refractivity contribution in [3.8, 4) is 11.6 Å². The van der Waals surface area contributed by atoms with Crippen LogP contribution in [0.4, 0.5) is 5.82 Å². The Morgan fingerprint density at radius 1 is 1.10 bits per heavy atom. The second-order valence-electron chi connectivity index (χ2n) is 5.47. The maximum absolute atomic E-state index is 5.99. The molecular formula is C16H19N3O. The number of anilines is 1. The first kappa shape index (κ1) is 12.9. The number of hydrogen-bond donors (Lipinski definition) is 1. The van der Waals surface area contributed by atoms with Crippen molar-refractivity contribution < 1.29 is 4.74 Å². The lowest BCUT2D eigenvalue weighted by Gasteiger charge is -2.13. The Morgan fingerprint density at radius 3 is 2.55 bits per heavy atom. The van der Waals surface area contributed by atoms with Crippen LogP contribution in [0.3, 0.4) is 0 Å². The summed E-state index contributed by atoms with van der Waals surface area (Å²) in [5.74, 6) is 3.19. The van der Waals surface area contributed by atoms with E-state index in [1.807, 2.05) is 26.0 Å². The van der Waals surface area contributed by atoms with Crippen molar-refractivity contribution in [2.45, 2.75) is 39.5 Å². The first-order valence-corrected chi connectivity index (χ1v) is 6.94. The van der Waals surface area contributed by atoms with Crippen LogP contribution >= 0.6 is 0 Å². The zero-order valence-corrected chi connectivity index (χ0v) is 12.1. The van der Waals surface area contributed by atoms with Crippen molar-refractivity contribution in [3.63, 3.8) is 0 Å². The van der Waals surface area contributed by atoms with Crippen LogP contribution in [0.2, 0.25) is 0 Å². The highest BCUT2D eigenvalue weighted by molar-refractivity contribution is 5.48. The molecule has 0 atom stereocenters. The van der Waals surface area contributed by atoms with Gasteiger partial charge in [0.1, 0.15) is 17.4 Å². The minimum absolute atomic E-state index is 0.457. The molecule has 0 bridgehead atoms. The van der Waals surface area contributed by atoms with Crippen LogP contribution in [0.5, 0.6) is 11.6 Å². The van der Waals surface area contributed by atoms with Crippen LogP contribution in [0.1, 0.15) is 41.3 Å². The Bertz CT molecular complexity index is 663. The van der Waals surface area contributed by atoms with Gasteiger partial charge in [0.25, 0.3) is 0 Å². The van der Waals surface area contributed by atoms with Gasteiger partial charge >= 0.3 is 0 Å². The molecule has 1 aromatic carbocycles. The highest BCUT2D eigenvalue weighted by atomic mass is 16.5. The fourth-order valence-corrected chi connectivity index (χ4v) is 2.09. The van der Waals surface area contributed by atoms with Gasteiger partial charge < -0.3 is 10.5 Å². The fraction of sp³-hybridized carbons (Fsp3) is 0.375. The molecule has 1 saturated carbocycles. The molecule has 0 aliphatic heterocycles. The number of hydrogen-bond acceptors (Lipinski definition) is 4. The van der Waals surface area contributed by atoms with Gasteiger partial charge in [0.15, 0.2) is 0 Å². The predicted molar refractivity (Wildman–Crippen MR) is 79.1 cm³/mol. The summed E-state index contributed by atoms with van der Waals surface area (Å²) < 4.78 is 5.99. The van der Waals surface area contributed by atoms with E-state index < -0.39 is 0 Å². The number of nitrogen functional groups attached to an aromatic ring is 1. The van der Waals surface area contributed by atoms with Gasteiger partial charge in [0, 0.05) is 5.92 Å². The normalized spacial score (nSPS) is 14.3. The van der Waals surface area contributed by atoms with E-state index in [2.05, 4.69) is 23.0 Å². The number of benzene rings is 1. The average molecular weight is 269 g/mol. The first-order chi connectivity index (χ1) is 9.56. The molecule has 1 aliphatic carbocycles. The summed E-state index contributed by atoms with van der Waals surface area (Å²) >= 11 is 0. The summed E-state index contributed by atoms with van der Waals surface area (Å²) in [7, 11) is 0. The van der Waals surface area contributed by atoms with E-state index in [0.29, 0.717) is 17.6 Å².